The largest absolute Gasteiger partial charge is 0.336 e. The van der Waals surface area contributed by atoms with Crippen LogP contribution in [0, 0.1) is 0 Å². The zero-order valence-electron chi connectivity index (χ0n) is 14.7. The first-order chi connectivity index (χ1) is 12.6. The molecule has 1 aliphatic heterocycles. The molecule has 1 aliphatic rings. The maximum absolute atomic E-state index is 12.6. The molecule has 5 nitrogen and oxygen atoms in total. The number of carbonyl (C=O) groups is 2. The van der Waals surface area contributed by atoms with Gasteiger partial charge in [0.2, 0.25) is 0 Å². The highest BCUT2D eigenvalue weighted by Crippen LogP contribution is 2.16. The van der Waals surface area contributed by atoms with Crippen molar-refractivity contribution in [1.29, 1.82) is 0 Å². The summed E-state index contributed by atoms with van der Waals surface area (Å²) in [4.78, 5) is 29.1. The summed E-state index contributed by atoms with van der Waals surface area (Å²) < 4.78 is 0. The van der Waals surface area contributed by atoms with Crippen molar-refractivity contribution in [1.82, 2.24) is 9.80 Å². The quantitative estimate of drug-likeness (QED) is 0.896. The maximum Gasteiger partial charge on any atom is 0.255 e. The minimum atomic E-state index is -0.233. The lowest BCUT2D eigenvalue weighted by Crippen LogP contribution is -2.48. The monoisotopic (exact) mass is 371 g/mol. The highest BCUT2D eigenvalue weighted by Gasteiger charge is 2.21. The molecule has 0 aliphatic carbocycles. The number of benzene rings is 2. The summed E-state index contributed by atoms with van der Waals surface area (Å²) in [6.07, 6.45) is 0. The topological polar surface area (TPSA) is 52.7 Å². The molecule has 6 heteroatoms. The van der Waals surface area contributed by atoms with Gasteiger partial charge in [0.15, 0.2) is 0 Å². The molecular formula is C20H22ClN3O2. The molecule has 0 aromatic heterocycles. The lowest BCUT2D eigenvalue weighted by Gasteiger charge is -2.34. The van der Waals surface area contributed by atoms with Crippen LogP contribution >= 0.6 is 11.6 Å². The van der Waals surface area contributed by atoms with E-state index in [9.17, 15) is 9.59 Å². The van der Waals surface area contributed by atoms with Gasteiger partial charge in [0.1, 0.15) is 0 Å². The van der Waals surface area contributed by atoms with Gasteiger partial charge in [-0.05, 0) is 49.0 Å². The molecule has 0 bridgehead atoms. The number of anilines is 1. The van der Waals surface area contributed by atoms with Crippen molar-refractivity contribution in [3.05, 3.63) is 64.7 Å². The lowest BCUT2D eigenvalue weighted by atomic mass is 10.1. The van der Waals surface area contributed by atoms with Crippen LogP contribution in [-0.2, 0) is 0 Å². The maximum atomic E-state index is 12.6. The Hall–Kier alpha value is -2.37. The Balaban J connectivity index is 1.62. The fourth-order valence-corrected chi connectivity index (χ4v) is 3.17. The lowest BCUT2D eigenvalue weighted by molar-refractivity contribution is 0.0643. The Morgan fingerprint density at radius 3 is 2.27 bits per heavy atom. The van der Waals surface area contributed by atoms with E-state index in [1.54, 1.807) is 48.5 Å². The summed E-state index contributed by atoms with van der Waals surface area (Å²) in [6.45, 7) is 6.43. The second kappa shape index (κ2) is 8.34. The second-order valence-electron chi connectivity index (χ2n) is 6.27. The molecule has 26 heavy (non-hydrogen) atoms. The summed E-state index contributed by atoms with van der Waals surface area (Å²) in [5.74, 6) is -0.217. The number of halogens is 1. The van der Waals surface area contributed by atoms with Gasteiger partial charge in [-0.3, -0.25) is 9.59 Å². The van der Waals surface area contributed by atoms with Crippen LogP contribution in [0.5, 0.6) is 0 Å². The molecule has 3 rings (SSSR count). The van der Waals surface area contributed by atoms with Crippen molar-refractivity contribution in [2.75, 3.05) is 38.0 Å². The number of hydrogen-bond acceptors (Lipinski definition) is 3. The van der Waals surface area contributed by atoms with Crippen LogP contribution in [-0.4, -0.2) is 54.3 Å². The average molecular weight is 372 g/mol. The first-order valence-corrected chi connectivity index (χ1v) is 9.13. The minimum Gasteiger partial charge on any atom is -0.336 e. The summed E-state index contributed by atoms with van der Waals surface area (Å²) >= 11 is 5.93. The molecule has 1 N–H and O–H groups in total. The van der Waals surface area contributed by atoms with E-state index >= 15 is 0 Å². The van der Waals surface area contributed by atoms with Gasteiger partial charge in [-0.15, -0.1) is 0 Å². The third kappa shape index (κ3) is 4.42. The Morgan fingerprint density at radius 2 is 1.65 bits per heavy atom. The van der Waals surface area contributed by atoms with Gasteiger partial charge in [0.25, 0.3) is 11.8 Å². The SMILES string of the molecule is CCN1CCN(C(=O)c2ccc(C(=O)Nc3cccc(Cl)c3)cc2)CC1. The summed E-state index contributed by atoms with van der Waals surface area (Å²) in [7, 11) is 0. The van der Waals surface area contributed by atoms with E-state index in [2.05, 4.69) is 17.1 Å². The Morgan fingerprint density at radius 1 is 1.00 bits per heavy atom. The molecule has 2 aromatic rings. The van der Waals surface area contributed by atoms with Crippen LogP contribution in [0.2, 0.25) is 5.02 Å². The van der Waals surface area contributed by atoms with Crippen LogP contribution in [0.25, 0.3) is 0 Å². The Bertz CT molecular complexity index is 784. The van der Waals surface area contributed by atoms with Gasteiger partial charge < -0.3 is 15.1 Å². The van der Waals surface area contributed by atoms with E-state index in [0.717, 1.165) is 32.7 Å². The Labute approximate surface area is 158 Å². The van der Waals surface area contributed by atoms with Crippen molar-refractivity contribution >= 4 is 29.1 Å². The first-order valence-electron chi connectivity index (χ1n) is 8.75. The summed E-state index contributed by atoms with van der Waals surface area (Å²) in [5, 5.41) is 3.36. The average Bonchev–Trinajstić information content (AvgIpc) is 2.67. The zero-order chi connectivity index (χ0) is 18.5. The zero-order valence-corrected chi connectivity index (χ0v) is 15.5. The highest BCUT2D eigenvalue weighted by molar-refractivity contribution is 6.31. The smallest absolute Gasteiger partial charge is 0.255 e. The molecule has 1 saturated heterocycles. The van der Waals surface area contributed by atoms with Crippen LogP contribution < -0.4 is 5.32 Å². The number of piperazine rings is 1. The van der Waals surface area contributed by atoms with Crippen LogP contribution in [0.4, 0.5) is 5.69 Å². The number of nitrogens with zero attached hydrogens (tertiary/aromatic N) is 2. The van der Waals surface area contributed by atoms with E-state index in [1.165, 1.54) is 0 Å². The highest BCUT2D eigenvalue weighted by atomic mass is 35.5. The van der Waals surface area contributed by atoms with E-state index in [-0.39, 0.29) is 11.8 Å². The van der Waals surface area contributed by atoms with Gasteiger partial charge in [-0.1, -0.05) is 24.6 Å². The van der Waals surface area contributed by atoms with E-state index < -0.39 is 0 Å². The van der Waals surface area contributed by atoms with Crippen LogP contribution in [0.15, 0.2) is 48.5 Å². The van der Waals surface area contributed by atoms with Crippen LogP contribution in [0.3, 0.4) is 0 Å². The van der Waals surface area contributed by atoms with Crippen molar-refractivity contribution in [2.45, 2.75) is 6.92 Å². The van der Waals surface area contributed by atoms with Crippen molar-refractivity contribution in [3.63, 3.8) is 0 Å². The summed E-state index contributed by atoms with van der Waals surface area (Å²) in [6, 6.07) is 13.8. The summed E-state index contributed by atoms with van der Waals surface area (Å²) in [5.41, 5.74) is 1.74. The van der Waals surface area contributed by atoms with Gasteiger partial charge in [0.05, 0.1) is 0 Å². The van der Waals surface area contributed by atoms with Gasteiger partial charge >= 0.3 is 0 Å². The number of likely N-dealkylation sites (N-methyl/N-ethyl adjacent to an activating group) is 1. The molecule has 0 radical (unpaired) electrons. The van der Waals surface area contributed by atoms with Crippen molar-refractivity contribution in [3.8, 4) is 0 Å². The predicted octanol–water partition coefficient (Wildman–Crippen LogP) is 3.37. The van der Waals surface area contributed by atoms with E-state index in [4.69, 9.17) is 11.6 Å². The number of rotatable bonds is 4. The molecular weight excluding hydrogens is 350 g/mol. The van der Waals surface area contributed by atoms with Gasteiger partial charge in [-0.25, -0.2) is 0 Å². The van der Waals surface area contributed by atoms with Gasteiger partial charge in [-0.2, -0.15) is 0 Å². The van der Waals surface area contributed by atoms with Crippen molar-refractivity contribution in [2.24, 2.45) is 0 Å². The normalized spacial score (nSPS) is 14.9. The molecule has 0 atom stereocenters. The van der Waals surface area contributed by atoms with E-state index in [0.29, 0.717) is 21.8 Å². The third-order valence-corrected chi connectivity index (χ3v) is 4.82. The number of carbonyl (C=O) groups excluding carboxylic acids is 2. The van der Waals surface area contributed by atoms with Crippen LogP contribution in [0.1, 0.15) is 27.6 Å². The van der Waals surface area contributed by atoms with E-state index in [1.807, 2.05) is 4.90 Å². The molecule has 136 valence electrons. The molecule has 2 aromatic carbocycles. The molecule has 0 saturated carbocycles. The van der Waals surface area contributed by atoms with Gasteiger partial charge in [0, 0.05) is 48.0 Å². The minimum absolute atomic E-state index is 0.0163. The Kier molecular flexibility index (Phi) is 5.91. The predicted molar refractivity (Wildman–Crippen MR) is 104 cm³/mol. The number of nitrogens with one attached hydrogen (secondary N) is 1. The molecule has 1 heterocycles. The standard InChI is InChI=1S/C20H22ClN3O2/c1-2-23-10-12-24(13-11-23)20(26)16-8-6-15(7-9-16)19(25)22-18-5-3-4-17(21)14-18/h3-9,14H,2,10-13H2,1H3,(H,22,25). The fraction of sp³-hybridized carbons (Fsp3) is 0.300. The fourth-order valence-electron chi connectivity index (χ4n) is 2.98. The molecule has 1 fully saturated rings. The first kappa shape index (κ1) is 18.4. The third-order valence-electron chi connectivity index (χ3n) is 4.58. The number of amides is 2. The second-order valence-corrected chi connectivity index (χ2v) is 6.70. The molecule has 0 unspecified atom stereocenters. The molecule has 2 amide bonds. The number of hydrogen-bond donors (Lipinski definition) is 1. The molecule has 0 spiro atoms. The van der Waals surface area contributed by atoms with Crippen molar-refractivity contribution < 1.29 is 9.59 Å².